The summed E-state index contributed by atoms with van der Waals surface area (Å²) >= 11 is 0. The van der Waals surface area contributed by atoms with Crippen molar-refractivity contribution in [2.24, 2.45) is 5.92 Å². The molecule has 0 aliphatic carbocycles. The molecule has 3 atom stereocenters. The monoisotopic (exact) mass is 481 g/mol. The number of carbonyl (C=O) groups excluding carboxylic acids is 1. The van der Waals surface area contributed by atoms with E-state index < -0.39 is 12.0 Å². The van der Waals surface area contributed by atoms with Gasteiger partial charge in [-0.25, -0.2) is 9.50 Å². The topological polar surface area (TPSA) is 111 Å². The van der Waals surface area contributed by atoms with Crippen molar-refractivity contribution in [1.82, 2.24) is 24.5 Å². The smallest absolute Gasteiger partial charge is 0.273 e. The molecule has 1 aromatic carbocycles. The molecule has 9 heteroatoms. The van der Waals surface area contributed by atoms with Gasteiger partial charge in [-0.15, -0.1) is 0 Å². The second-order valence-corrected chi connectivity index (χ2v) is 9.72. The van der Waals surface area contributed by atoms with Crippen LogP contribution in [0.4, 0.5) is 5.82 Å². The summed E-state index contributed by atoms with van der Waals surface area (Å²) < 4.78 is 1.76. The molecule has 5 heterocycles. The van der Waals surface area contributed by atoms with Crippen molar-refractivity contribution in [3.8, 4) is 6.07 Å². The molecule has 2 aliphatic heterocycles. The van der Waals surface area contributed by atoms with Crippen LogP contribution in [-0.2, 0) is 0 Å². The van der Waals surface area contributed by atoms with Gasteiger partial charge >= 0.3 is 0 Å². The summed E-state index contributed by atoms with van der Waals surface area (Å²) in [7, 11) is 0. The summed E-state index contributed by atoms with van der Waals surface area (Å²) in [5.41, 5.74) is 2.88. The number of anilines is 1. The second-order valence-electron chi connectivity index (χ2n) is 9.72. The van der Waals surface area contributed by atoms with Crippen molar-refractivity contribution in [3.63, 3.8) is 0 Å². The number of likely N-dealkylation sites (tertiary alicyclic amines) is 1. The summed E-state index contributed by atoms with van der Waals surface area (Å²) in [4.78, 5) is 26.9. The van der Waals surface area contributed by atoms with Gasteiger partial charge in [0.1, 0.15) is 11.5 Å². The molecule has 0 radical (unpaired) electrons. The summed E-state index contributed by atoms with van der Waals surface area (Å²) in [6.45, 7) is 3.44. The maximum Gasteiger partial charge on any atom is 0.273 e. The molecule has 4 aromatic rings. The van der Waals surface area contributed by atoms with E-state index in [1.807, 2.05) is 59.3 Å². The molecule has 0 unspecified atom stereocenters. The van der Waals surface area contributed by atoms with Crippen molar-refractivity contribution in [2.45, 2.75) is 38.3 Å². The average molecular weight is 482 g/mol. The van der Waals surface area contributed by atoms with Gasteiger partial charge in [0.15, 0.2) is 5.65 Å². The van der Waals surface area contributed by atoms with Crippen molar-refractivity contribution < 1.29 is 9.90 Å². The Hall–Kier alpha value is -4.03. The van der Waals surface area contributed by atoms with Gasteiger partial charge in [0.25, 0.3) is 5.91 Å². The first-order valence-electron chi connectivity index (χ1n) is 12.4. The van der Waals surface area contributed by atoms with Crippen molar-refractivity contribution >= 4 is 28.1 Å². The van der Waals surface area contributed by atoms with Gasteiger partial charge in [-0.2, -0.15) is 10.4 Å². The van der Waals surface area contributed by atoms with Crippen LogP contribution in [0, 0.1) is 24.2 Å². The van der Waals surface area contributed by atoms with Gasteiger partial charge in [-0.3, -0.25) is 9.78 Å². The summed E-state index contributed by atoms with van der Waals surface area (Å²) in [6.07, 6.45) is 5.73. The van der Waals surface area contributed by atoms with E-state index in [0.29, 0.717) is 31.0 Å². The molecule has 9 nitrogen and oxygen atoms in total. The number of piperidine rings is 1. The number of aliphatic hydroxyl groups is 1. The first-order chi connectivity index (χ1) is 17.5. The summed E-state index contributed by atoms with van der Waals surface area (Å²) in [6, 6.07) is 13.7. The predicted molar refractivity (Wildman–Crippen MR) is 134 cm³/mol. The fraction of sp³-hybridized carbons (Fsp3) is 0.370. The molecular weight excluding hydrogens is 454 g/mol. The van der Waals surface area contributed by atoms with Gasteiger partial charge in [0.2, 0.25) is 0 Å². The van der Waals surface area contributed by atoms with E-state index in [2.05, 4.69) is 11.1 Å². The molecule has 0 saturated carbocycles. The molecule has 0 bridgehead atoms. The van der Waals surface area contributed by atoms with E-state index in [0.717, 1.165) is 47.1 Å². The molecule has 36 heavy (non-hydrogen) atoms. The molecular formula is C27H27N7O2. The van der Waals surface area contributed by atoms with Crippen LogP contribution in [0.2, 0.25) is 0 Å². The van der Waals surface area contributed by atoms with Crippen LogP contribution in [-0.4, -0.2) is 61.2 Å². The molecule has 2 aliphatic rings. The zero-order chi connectivity index (χ0) is 24.8. The highest BCUT2D eigenvalue weighted by atomic mass is 16.3. The first-order valence-corrected chi connectivity index (χ1v) is 12.4. The summed E-state index contributed by atoms with van der Waals surface area (Å²) in [5, 5.41) is 26.2. The van der Waals surface area contributed by atoms with Crippen LogP contribution in [0.5, 0.6) is 0 Å². The Morgan fingerprint density at radius 1 is 1.19 bits per heavy atom. The number of β-amino-alcohol motifs (C(OH)–C–C–N with tert-alkyl or cyclic N) is 1. The highest BCUT2D eigenvalue weighted by molar-refractivity contribution is 6.05. The van der Waals surface area contributed by atoms with Gasteiger partial charge in [0.05, 0.1) is 29.8 Å². The lowest BCUT2D eigenvalue weighted by molar-refractivity contribution is 0.0602. The largest absolute Gasteiger partial charge is 0.390 e. The van der Waals surface area contributed by atoms with E-state index in [9.17, 15) is 15.2 Å². The lowest BCUT2D eigenvalue weighted by Gasteiger charge is -2.34. The number of hydrogen-bond donors (Lipinski definition) is 1. The molecule has 182 valence electrons. The summed E-state index contributed by atoms with van der Waals surface area (Å²) in [5.74, 6) is 0.252. The number of aromatic nitrogens is 4. The Labute approximate surface area is 208 Å². The van der Waals surface area contributed by atoms with E-state index >= 15 is 0 Å². The number of amides is 1. The Kier molecular flexibility index (Phi) is 5.53. The van der Waals surface area contributed by atoms with Crippen LogP contribution < -0.4 is 4.90 Å². The van der Waals surface area contributed by atoms with Crippen LogP contribution in [0.1, 0.15) is 47.1 Å². The van der Waals surface area contributed by atoms with Crippen LogP contribution in [0.15, 0.2) is 48.8 Å². The van der Waals surface area contributed by atoms with Crippen molar-refractivity contribution in [1.29, 1.82) is 5.26 Å². The maximum absolute atomic E-state index is 13.7. The number of rotatable bonds is 3. The zero-order valence-electron chi connectivity index (χ0n) is 20.1. The Morgan fingerprint density at radius 2 is 2.06 bits per heavy atom. The Bertz CT molecular complexity index is 1500. The molecule has 1 N–H and O–H groups in total. The number of aryl methyl sites for hydroxylation is 1. The van der Waals surface area contributed by atoms with Gasteiger partial charge in [-0.05, 0) is 37.6 Å². The minimum absolute atomic E-state index is 0.0769. The average Bonchev–Trinajstić information content (AvgIpc) is 3.49. The molecule has 2 fully saturated rings. The fourth-order valence-corrected chi connectivity index (χ4v) is 5.50. The highest BCUT2D eigenvalue weighted by Crippen LogP contribution is 2.33. The lowest BCUT2D eigenvalue weighted by Crippen LogP contribution is -2.39. The third-order valence-corrected chi connectivity index (χ3v) is 7.36. The zero-order valence-corrected chi connectivity index (χ0v) is 20.1. The maximum atomic E-state index is 13.7. The number of hydrogen-bond acceptors (Lipinski definition) is 7. The van der Waals surface area contributed by atoms with Crippen LogP contribution in [0.25, 0.3) is 16.4 Å². The highest BCUT2D eigenvalue weighted by Gasteiger charge is 2.34. The Morgan fingerprint density at radius 3 is 2.89 bits per heavy atom. The van der Waals surface area contributed by atoms with Crippen molar-refractivity contribution in [3.05, 3.63) is 65.7 Å². The normalized spacial score (nSPS) is 22.3. The Balaban J connectivity index is 1.34. The number of nitrogens with zero attached hydrogens (tertiary/aromatic N) is 7. The van der Waals surface area contributed by atoms with Crippen LogP contribution >= 0.6 is 0 Å². The van der Waals surface area contributed by atoms with Gasteiger partial charge in [0, 0.05) is 49.0 Å². The lowest BCUT2D eigenvalue weighted by atomic mass is 9.98. The second kappa shape index (κ2) is 8.88. The number of fused-ring (bicyclic) bond motifs is 2. The molecule has 1 amide bonds. The number of aliphatic hydroxyl groups excluding tert-OH is 1. The fourth-order valence-electron chi connectivity index (χ4n) is 5.50. The molecule has 3 aromatic heterocycles. The van der Waals surface area contributed by atoms with Crippen molar-refractivity contribution in [2.75, 3.05) is 24.5 Å². The van der Waals surface area contributed by atoms with E-state index in [1.54, 1.807) is 10.7 Å². The third kappa shape index (κ3) is 3.74. The minimum Gasteiger partial charge on any atom is -0.390 e. The quantitative estimate of drug-likeness (QED) is 0.478. The number of nitriles is 1. The van der Waals surface area contributed by atoms with E-state index in [1.165, 1.54) is 0 Å². The van der Waals surface area contributed by atoms with Gasteiger partial charge < -0.3 is 14.9 Å². The number of carbonyl (C=O) groups is 1. The van der Waals surface area contributed by atoms with E-state index in [4.69, 9.17) is 10.1 Å². The molecule has 2 saturated heterocycles. The van der Waals surface area contributed by atoms with E-state index in [-0.39, 0.29) is 11.9 Å². The molecule has 0 spiro atoms. The number of benzene rings is 1. The third-order valence-electron chi connectivity index (χ3n) is 7.36. The SMILES string of the molecule is Cc1cn2nc([C@@H]3CCCCN3C(=O)c3nccc4ccccc34)cc2nc1N1C[C@@H](C#N)[C@@H](O)C1. The standard InChI is InChI=1S/C27H27N7O2/c1-17-14-34-24(30-26(17)32-15-19(13-28)23(35)16-32)12-21(31-34)22-8-4-5-11-33(22)27(36)25-20-7-3-2-6-18(20)9-10-29-25/h2-3,6-7,9-10,12,14,19,22-23,35H,4-5,8,11,15-16H2,1H3/t19-,22+,23+/m1/s1. The van der Waals surface area contributed by atoms with Gasteiger partial charge in [-0.1, -0.05) is 24.3 Å². The minimum atomic E-state index is -0.683. The van der Waals surface area contributed by atoms with Crippen LogP contribution in [0.3, 0.4) is 0 Å². The molecule has 6 rings (SSSR count). The predicted octanol–water partition coefficient (Wildman–Crippen LogP) is 3.27. The number of pyridine rings is 1. The first kappa shape index (κ1) is 22.4.